The van der Waals surface area contributed by atoms with Crippen LogP contribution in [0.5, 0.6) is 0 Å². The Bertz CT molecular complexity index is 904. The maximum absolute atomic E-state index is 12.1. The lowest BCUT2D eigenvalue weighted by atomic mass is 10.1. The molecule has 3 rings (SSSR count). The van der Waals surface area contributed by atoms with Gasteiger partial charge in [0.05, 0.1) is 25.4 Å². The summed E-state index contributed by atoms with van der Waals surface area (Å²) in [7, 11) is 1.34. The molecule has 2 aromatic carbocycles. The van der Waals surface area contributed by atoms with Gasteiger partial charge in [-0.25, -0.2) is 9.48 Å². The van der Waals surface area contributed by atoms with Crippen molar-refractivity contribution in [2.24, 2.45) is 0 Å². The van der Waals surface area contributed by atoms with Gasteiger partial charge in [0.1, 0.15) is 5.69 Å². The first kappa shape index (κ1) is 16.9. The van der Waals surface area contributed by atoms with E-state index in [0.717, 1.165) is 11.1 Å². The first-order valence-electron chi connectivity index (χ1n) is 7.66. The molecule has 0 saturated carbocycles. The molecule has 0 spiro atoms. The SMILES string of the molecule is COC(=O)C(=Cc1ccccc1)c1cn(Cc2cccc(Cl)c2)nn1. The number of ether oxygens (including phenoxy) is 1. The molecule has 0 aliphatic heterocycles. The molecule has 3 aromatic rings. The standard InChI is InChI=1S/C19H16ClN3O2/c1-25-19(24)17(11-14-6-3-2-4-7-14)18-13-23(22-21-18)12-15-8-5-9-16(20)10-15/h2-11,13H,12H2,1H3. The van der Waals surface area contributed by atoms with Crippen LogP contribution in [0.2, 0.25) is 5.02 Å². The van der Waals surface area contributed by atoms with Crippen molar-refractivity contribution >= 4 is 29.2 Å². The Kier molecular flexibility index (Phi) is 5.26. The van der Waals surface area contributed by atoms with Crippen LogP contribution in [0.25, 0.3) is 11.6 Å². The summed E-state index contributed by atoms with van der Waals surface area (Å²) in [5.74, 6) is -0.460. The quantitative estimate of drug-likeness (QED) is 0.518. The van der Waals surface area contributed by atoms with Crippen LogP contribution in [-0.4, -0.2) is 28.1 Å². The van der Waals surface area contributed by atoms with Crippen molar-refractivity contribution < 1.29 is 9.53 Å². The third-order valence-corrected chi connectivity index (χ3v) is 3.80. The van der Waals surface area contributed by atoms with Crippen molar-refractivity contribution in [1.82, 2.24) is 15.0 Å². The van der Waals surface area contributed by atoms with E-state index < -0.39 is 5.97 Å². The zero-order chi connectivity index (χ0) is 17.6. The van der Waals surface area contributed by atoms with E-state index in [2.05, 4.69) is 10.3 Å². The second kappa shape index (κ2) is 7.77. The van der Waals surface area contributed by atoms with Gasteiger partial charge in [0.25, 0.3) is 0 Å². The van der Waals surface area contributed by atoms with E-state index in [1.165, 1.54) is 7.11 Å². The lowest BCUT2D eigenvalue weighted by Crippen LogP contribution is -2.04. The maximum Gasteiger partial charge on any atom is 0.340 e. The molecule has 0 radical (unpaired) electrons. The van der Waals surface area contributed by atoms with Gasteiger partial charge in [0.15, 0.2) is 0 Å². The van der Waals surface area contributed by atoms with Crippen LogP contribution in [0.1, 0.15) is 16.8 Å². The summed E-state index contributed by atoms with van der Waals surface area (Å²) in [5, 5.41) is 8.87. The Morgan fingerprint density at radius 1 is 1.20 bits per heavy atom. The zero-order valence-corrected chi connectivity index (χ0v) is 14.3. The van der Waals surface area contributed by atoms with Gasteiger partial charge >= 0.3 is 5.97 Å². The van der Waals surface area contributed by atoms with Gasteiger partial charge in [-0.2, -0.15) is 0 Å². The Morgan fingerprint density at radius 2 is 2.00 bits per heavy atom. The van der Waals surface area contributed by atoms with E-state index in [1.807, 2.05) is 54.6 Å². The molecular weight excluding hydrogens is 338 g/mol. The third-order valence-electron chi connectivity index (χ3n) is 3.56. The molecule has 0 aliphatic carbocycles. The van der Waals surface area contributed by atoms with Gasteiger partial charge in [-0.15, -0.1) is 5.10 Å². The van der Waals surface area contributed by atoms with Crippen molar-refractivity contribution in [1.29, 1.82) is 0 Å². The van der Waals surface area contributed by atoms with Crippen molar-refractivity contribution in [2.45, 2.75) is 6.54 Å². The van der Waals surface area contributed by atoms with E-state index in [9.17, 15) is 4.79 Å². The summed E-state index contributed by atoms with van der Waals surface area (Å²) in [6, 6.07) is 17.0. The first-order valence-corrected chi connectivity index (χ1v) is 8.03. The summed E-state index contributed by atoms with van der Waals surface area (Å²) in [6.45, 7) is 0.507. The number of hydrogen-bond donors (Lipinski definition) is 0. The van der Waals surface area contributed by atoms with Crippen molar-refractivity contribution in [3.63, 3.8) is 0 Å². The molecule has 25 heavy (non-hydrogen) atoms. The van der Waals surface area contributed by atoms with Crippen LogP contribution in [0.3, 0.4) is 0 Å². The van der Waals surface area contributed by atoms with Gasteiger partial charge < -0.3 is 4.74 Å². The molecule has 1 aromatic heterocycles. The zero-order valence-electron chi connectivity index (χ0n) is 13.6. The number of rotatable bonds is 5. The van der Waals surface area contributed by atoms with Crippen molar-refractivity contribution in [3.8, 4) is 0 Å². The van der Waals surface area contributed by atoms with Crippen LogP contribution >= 0.6 is 11.6 Å². The van der Waals surface area contributed by atoms with Crippen LogP contribution in [0.15, 0.2) is 60.8 Å². The molecular formula is C19H16ClN3O2. The number of nitrogens with zero attached hydrogens (tertiary/aromatic N) is 3. The lowest BCUT2D eigenvalue weighted by molar-refractivity contribution is -0.133. The number of esters is 1. The Morgan fingerprint density at radius 3 is 2.72 bits per heavy atom. The van der Waals surface area contributed by atoms with Crippen LogP contribution in [0, 0.1) is 0 Å². The Labute approximate surface area is 150 Å². The highest BCUT2D eigenvalue weighted by Crippen LogP contribution is 2.18. The molecule has 0 N–H and O–H groups in total. The molecule has 1 heterocycles. The Balaban J connectivity index is 1.89. The summed E-state index contributed by atoms with van der Waals surface area (Å²) in [4.78, 5) is 12.1. The fraction of sp³-hybridized carbons (Fsp3) is 0.105. The van der Waals surface area contributed by atoms with Gasteiger partial charge in [-0.3, -0.25) is 0 Å². The monoisotopic (exact) mass is 353 g/mol. The molecule has 0 amide bonds. The van der Waals surface area contributed by atoms with Gasteiger partial charge in [0.2, 0.25) is 0 Å². The minimum Gasteiger partial charge on any atom is -0.465 e. The molecule has 0 aliphatic rings. The fourth-order valence-electron chi connectivity index (χ4n) is 2.38. The third kappa shape index (κ3) is 4.33. The largest absolute Gasteiger partial charge is 0.465 e. The minimum absolute atomic E-state index is 0.353. The molecule has 126 valence electrons. The van der Waals surface area contributed by atoms with Crippen LogP contribution in [0.4, 0.5) is 0 Å². The normalized spacial score (nSPS) is 11.4. The average Bonchev–Trinajstić information content (AvgIpc) is 3.08. The highest BCUT2D eigenvalue weighted by Gasteiger charge is 2.16. The average molecular weight is 354 g/mol. The second-order valence-corrected chi connectivity index (χ2v) is 5.83. The van der Waals surface area contributed by atoms with E-state index in [-0.39, 0.29) is 0 Å². The van der Waals surface area contributed by atoms with E-state index in [1.54, 1.807) is 17.0 Å². The van der Waals surface area contributed by atoms with Crippen molar-refractivity contribution in [2.75, 3.05) is 7.11 Å². The topological polar surface area (TPSA) is 57.0 Å². The number of carbonyl (C=O) groups is 1. The van der Waals surface area contributed by atoms with Crippen molar-refractivity contribution in [3.05, 3.63) is 82.6 Å². The number of halogens is 1. The van der Waals surface area contributed by atoms with Crippen LogP contribution in [-0.2, 0) is 16.1 Å². The number of aromatic nitrogens is 3. The Hall–Kier alpha value is -2.92. The second-order valence-electron chi connectivity index (χ2n) is 5.39. The number of carbonyl (C=O) groups excluding carboxylic acids is 1. The summed E-state index contributed by atoms with van der Waals surface area (Å²) in [6.07, 6.45) is 3.45. The summed E-state index contributed by atoms with van der Waals surface area (Å²) >= 11 is 6.00. The fourth-order valence-corrected chi connectivity index (χ4v) is 2.60. The molecule has 0 atom stereocenters. The predicted molar refractivity (Wildman–Crippen MR) is 96.9 cm³/mol. The van der Waals surface area contributed by atoms with Gasteiger partial charge in [0, 0.05) is 5.02 Å². The molecule has 0 unspecified atom stereocenters. The van der Waals surface area contributed by atoms with Gasteiger partial charge in [-0.05, 0) is 29.3 Å². The summed E-state index contributed by atoms with van der Waals surface area (Å²) < 4.78 is 6.54. The highest BCUT2D eigenvalue weighted by atomic mass is 35.5. The number of methoxy groups -OCH3 is 1. The van der Waals surface area contributed by atoms with Gasteiger partial charge in [-0.1, -0.05) is 59.3 Å². The molecule has 0 saturated heterocycles. The minimum atomic E-state index is -0.460. The van der Waals surface area contributed by atoms with E-state index in [4.69, 9.17) is 16.3 Å². The number of hydrogen-bond acceptors (Lipinski definition) is 4. The summed E-state index contributed by atoms with van der Waals surface area (Å²) in [5.41, 5.74) is 2.69. The first-order chi connectivity index (χ1) is 12.2. The predicted octanol–water partition coefficient (Wildman–Crippen LogP) is 3.69. The smallest absolute Gasteiger partial charge is 0.340 e. The highest BCUT2D eigenvalue weighted by molar-refractivity contribution is 6.30. The maximum atomic E-state index is 12.1. The molecule has 0 bridgehead atoms. The molecule has 6 heteroatoms. The lowest BCUT2D eigenvalue weighted by Gasteiger charge is -2.03. The van der Waals surface area contributed by atoms with E-state index >= 15 is 0 Å². The molecule has 5 nitrogen and oxygen atoms in total. The molecule has 0 fully saturated rings. The number of benzene rings is 2. The van der Waals surface area contributed by atoms with E-state index in [0.29, 0.717) is 22.8 Å². The van der Waals surface area contributed by atoms with Crippen LogP contribution < -0.4 is 0 Å².